The lowest BCUT2D eigenvalue weighted by Crippen LogP contribution is -2.12. The van der Waals surface area contributed by atoms with Gasteiger partial charge >= 0.3 is 0 Å². The lowest BCUT2D eigenvalue weighted by molar-refractivity contribution is 0.147. The minimum Gasteiger partial charge on any atom is -0.378 e. The molecule has 0 N–H and O–H groups in total. The summed E-state index contributed by atoms with van der Waals surface area (Å²) < 4.78 is 5.13. The SMILES string of the molecule is C=CC(Cl)COCC(Cl)C=C. The third kappa shape index (κ3) is 6.42. The quantitative estimate of drug-likeness (QED) is 0.467. The Balaban J connectivity index is 3.26. The maximum absolute atomic E-state index is 5.68. The van der Waals surface area contributed by atoms with Crippen LogP contribution in [0.3, 0.4) is 0 Å². The lowest BCUT2D eigenvalue weighted by atomic mass is 10.4. The number of halogens is 2. The van der Waals surface area contributed by atoms with E-state index < -0.39 is 0 Å². The number of ether oxygens (including phenoxy) is 1. The first-order valence-corrected chi connectivity index (χ1v) is 4.19. The average molecular weight is 195 g/mol. The maximum Gasteiger partial charge on any atom is 0.0747 e. The molecule has 2 unspecified atom stereocenters. The van der Waals surface area contributed by atoms with Crippen LogP contribution in [-0.4, -0.2) is 24.0 Å². The molecule has 0 spiro atoms. The molecule has 0 saturated carbocycles. The Morgan fingerprint density at radius 2 is 1.45 bits per heavy atom. The zero-order valence-corrected chi connectivity index (χ0v) is 7.81. The molecule has 0 heterocycles. The minimum atomic E-state index is -0.135. The molecule has 0 fully saturated rings. The van der Waals surface area contributed by atoms with Crippen molar-refractivity contribution in [2.24, 2.45) is 0 Å². The molecule has 1 nitrogen and oxygen atoms in total. The molecular weight excluding hydrogens is 183 g/mol. The first-order chi connectivity index (χ1) is 5.20. The number of hydrogen-bond donors (Lipinski definition) is 0. The van der Waals surface area contributed by atoms with E-state index in [4.69, 9.17) is 27.9 Å². The highest BCUT2D eigenvalue weighted by Crippen LogP contribution is 2.01. The van der Waals surface area contributed by atoms with Gasteiger partial charge in [-0.15, -0.1) is 36.4 Å². The summed E-state index contributed by atoms with van der Waals surface area (Å²) in [4.78, 5) is 0. The molecule has 0 aromatic carbocycles. The molecule has 11 heavy (non-hydrogen) atoms. The molecule has 0 bridgehead atoms. The Morgan fingerprint density at radius 3 is 1.73 bits per heavy atom. The predicted octanol–water partition coefficient (Wildman–Crippen LogP) is 2.59. The van der Waals surface area contributed by atoms with E-state index in [0.717, 1.165) is 0 Å². The van der Waals surface area contributed by atoms with Gasteiger partial charge in [0.2, 0.25) is 0 Å². The topological polar surface area (TPSA) is 9.23 Å². The van der Waals surface area contributed by atoms with Crippen molar-refractivity contribution in [1.82, 2.24) is 0 Å². The highest BCUT2D eigenvalue weighted by molar-refractivity contribution is 6.22. The van der Waals surface area contributed by atoms with Crippen LogP contribution in [0.4, 0.5) is 0 Å². The van der Waals surface area contributed by atoms with Gasteiger partial charge in [-0.3, -0.25) is 0 Å². The average Bonchev–Trinajstić information content (AvgIpc) is 2.04. The Labute approximate surface area is 77.6 Å². The zero-order valence-electron chi connectivity index (χ0n) is 6.30. The van der Waals surface area contributed by atoms with Gasteiger partial charge in [-0.2, -0.15) is 0 Å². The van der Waals surface area contributed by atoms with Gasteiger partial charge < -0.3 is 4.74 Å². The Hall–Kier alpha value is 0.0200. The van der Waals surface area contributed by atoms with Gasteiger partial charge in [0.25, 0.3) is 0 Å². The molecule has 0 aliphatic heterocycles. The Morgan fingerprint density at radius 1 is 1.09 bits per heavy atom. The molecule has 2 atom stereocenters. The Kier molecular flexibility index (Phi) is 6.73. The molecule has 0 radical (unpaired) electrons. The normalized spacial score (nSPS) is 15.5. The van der Waals surface area contributed by atoms with Gasteiger partial charge in [-0.25, -0.2) is 0 Å². The third-order valence-corrected chi connectivity index (χ3v) is 1.67. The first-order valence-electron chi connectivity index (χ1n) is 3.31. The molecule has 3 heteroatoms. The van der Waals surface area contributed by atoms with Crippen LogP contribution in [0.1, 0.15) is 0 Å². The van der Waals surface area contributed by atoms with Crippen molar-refractivity contribution in [3.63, 3.8) is 0 Å². The van der Waals surface area contributed by atoms with E-state index in [-0.39, 0.29) is 10.8 Å². The molecule has 0 aromatic rings. The van der Waals surface area contributed by atoms with Crippen LogP contribution in [0, 0.1) is 0 Å². The number of rotatable bonds is 6. The lowest BCUT2D eigenvalue weighted by Gasteiger charge is -2.07. The summed E-state index contributed by atoms with van der Waals surface area (Å²) in [6.07, 6.45) is 3.25. The monoisotopic (exact) mass is 194 g/mol. The van der Waals surface area contributed by atoms with Crippen LogP contribution in [-0.2, 0) is 4.74 Å². The minimum absolute atomic E-state index is 0.135. The van der Waals surface area contributed by atoms with Crippen LogP contribution in [0.15, 0.2) is 25.3 Å². The van der Waals surface area contributed by atoms with Gasteiger partial charge in [0.1, 0.15) is 0 Å². The summed E-state index contributed by atoms with van der Waals surface area (Å²) >= 11 is 11.4. The van der Waals surface area contributed by atoms with Crippen molar-refractivity contribution in [3.8, 4) is 0 Å². The molecule has 0 aliphatic rings. The maximum atomic E-state index is 5.68. The van der Waals surface area contributed by atoms with Gasteiger partial charge in [-0.1, -0.05) is 12.2 Å². The molecule has 64 valence electrons. The van der Waals surface area contributed by atoms with Crippen molar-refractivity contribution >= 4 is 23.2 Å². The van der Waals surface area contributed by atoms with E-state index in [1.165, 1.54) is 0 Å². The molecule has 0 aliphatic carbocycles. The second-order valence-corrected chi connectivity index (χ2v) is 3.16. The fraction of sp³-hybridized carbons (Fsp3) is 0.500. The fourth-order valence-corrected chi connectivity index (χ4v) is 0.607. The first kappa shape index (κ1) is 11.0. The van der Waals surface area contributed by atoms with Crippen molar-refractivity contribution in [3.05, 3.63) is 25.3 Å². The van der Waals surface area contributed by atoms with Crippen molar-refractivity contribution in [1.29, 1.82) is 0 Å². The summed E-state index contributed by atoms with van der Waals surface area (Å²) in [5, 5.41) is -0.271. The predicted molar refractivity (Wildman–Crippen MR) is 50.5 cm³/mol. The van der Waals surface area contributed by atoms with Crippen LogP contribution in [0.25, 0.3) is 0 Å². The summed E-state index contributed by atoms with van der Waals surface area (Å²) in [6, 6.07) is 0. The summed E-state index contributed by atoms with van der Waals surface area (Å²) in [6.45, 7) is 7.92. The number of alkyl halides is 2. The highest BCUT2D eigenvalue weighted by atomic mass is 35.5. The van der Waals surface area contributed by atoms with Crippen LogP contribution >= 0.6 is 23.2 Å². The summed E-state index contributed by atoms with van der Waals surface area (Å²) in [5.74, 6) is 0. The van der Waals surface area contributed by atoms with E-state index in [0.29, 0.717) is 13.2 Å². The fourth-order valence-electron chi connectivity index (χ4n) is 0.429. The second-order valence-electron chi connectivity index (χ2n) is 2.04. The Bertz CT molecular complexity index is 111. The van der Waals surface area contributed by atoms with Gasteiger partial charge in [0.05, 0.1) is 24.0 Å². The largest absolute Gasteiger partial charge is 0.378 e. The molecule has 0 aromatic heterocycles. The van der Waals surface area contributed by atoms with Crippen LogP contribution in [0.2, 0.25) is 0 Å². The highest BCUT2D eigenvalue weighted by Gasteiger charge is 2.01. The van der Waals surface area contributed by atoms with Crippen molar-refractivity contribution < 1.29 is 4.74 Å². The third-order valence-electron chi connectivity index (χ3n) is 1.07. The zero-order chi connectivity index (χ0) is 8.69. The van der Waals surface area contributed by atoms with Gasteiger partial charge in [0.15, 0.2) is 0 Å². The molecule has 0 saturated heterocycles. The summed E-state index contributed by atoms with van der Waals surface area (Å²) in [5.41, 5.74) is 0. The van der Waals surface area contributed by atoms with Gasteiger partial charge in [-0.05, 0) is 0 Å². The standard InChI is InChI=1S/C8H12Cl2O/c1-3-7(9)5-11-6-8(10)4-2/h3-4,7-8H,1-2,5-6H2. The van der Waals surface area contributed by atoms with Crippen LogP contribution < -0.4 is 0 Å². The van der Waals surface area contributed by atoms with E-state index in [1.807, 2.05) is 0 Å². The van der Waals surface area contributed by atoms with E-state index in [2.05, 4.69) is 13.2 Å². The second kappa shape index (κ2) is 6.71. The van der Waals surface area contributed by atoms with E-state index in [9.17, 15) is 0 Å². The van der Waals surface area contributed by atoms with Crippen LogP contribution in [0.5, 0.6) is 0 Å². The van der Waals surface area contributed by atoms with E-state index in [1.54, 1.807) is 12.2 Å². The molecule has 0 rings (SSSR count). The number of hydrogen-bond acceptors (Lipinski definition) is 1. The van der Waals surface area contributed by atoms with Gasteiger partial charge in [0, 0.05) is 0 Å². The summed E-state index contributed by atoms with van der Waals surface area (Å²) in [7, 11) is 0. The van der Waals surface area contributed by atoms with Crippen molar-refractivity contribution in [2.75, 3.05) is 13.2 Å². The van der Waals surface area contributed by atoms with Crippen molar-refractivity contribution in [2.45, 2.75) is 10.8 Å². The molecule has 0 amide bonds. The smallest absolute Gasteiger partial charge is 0.0747 e. The molecular formula is C8H12Cl2O. The van der Waals surface area contributed by atoms with E-state index >= 15 is 0 Å².